The molecule has 0 aliphatic heterocycles. The molecule has 0 aliphatic carbocycles. The highest BCUT2D eigenvalue weighted by Crippen LogP contribution is 2.29. The van der Waals surface area contributed by atoms with Crippen LogP contribution in [0.2, 0.25) is 0 Å². The van der Waals surface area contributed by atoms with E-state index in [9.17, 15) is 13.6 Å². The molecule has 2 N–H and O–H groups in total. The van der Waals surface area contributed by atoms with Gasteiger partial charge in [-0.3, -0.25) is 4.79 Å². The Labute approximate surface area is 109 Å². The average molecular weight is 275 g/mol. The molecule has 0 aromatic heterocycles. The van der Waals surface area contributed by atoms with Crippen LogP contribution < -0.4 is 14.8 Å². The number of nitrogens with one attached hydrogen (secondary N) is 1. The monoisotopic (exact) mass is 275 g/mol. The Hall–Kier alpha value is -1.89. The van der Waals surface area contributed by atoms with Crippen molar-refractivity contribution in [1.29, 1.82) is 0 Å². The van der Waals surface area contributed by atoms with E-state index < -0.39 is 18.6 Å². The fourth-order valence-electron chi connectivity index (χ4n) is 1.35. The van der Waals surface area contributed by atoms with Gasteiger partial charge in [-0.05, 0) is 25.1 Å². The summed E-state index contributed by atoms with van der Waals surface area (Å²) in [4.78, 5) is 11.7. The van der Waals surface area contributed by atoms with Gasteiger partial charge in [0.05, 0.1) is 13.7 Å². The number of methoxy groups -OCH3 is 1. The number of ether oxygens (including phenoxy) is 2. The Morgan fingerprint density at radius 1 is 1.42 bits per heavy atom. The van der Waals surface area contributed by atoms with Crippen molar-refractivity contribution >= 4 is 5.91 Å². The third-order valence-corrected chi connectivity index (χ3v) is 2.29. The van der Waals surface area contributed by atoms with Gasteiger partial charge in [-0.25, -0.2) is 0 Å². The number of alkyl halides is 2. The summed E-state index contributed by atoms with van der Waals surface area (Å²) in [6, 6.07) is 3.44. The number of carbonyl (C=O) groups excluding carboxylic acids is 1. The van der Waals surface area contributed by atoms with Crippen LogP contribution in [0, 0.1) is 0 Å². The van der Waals surface area contributed by atoms with Crippen LogP contribution in [-0.4, -0.2) is 37.4 Å². The lowest BCUT2D eigenvalue weighted by molar-refractivity contribution is -0.0512. The third-order valence-electron chi connectivity index (χ3n) is 2.29. The van der Waals surface area contributed by atoms with Crippen molar-refractivity contribution in [1.82, 2.24) is 5.32 Å². The maximum absolute atomic E-state index is 12.1. The summed E-state index contributed by atoms with van der Waals surface area (Å²) in [7, 11) is 1.28. The van der Waals surface area contributed by atoms with Gasteiger partial charge < -0.3 is 19.9 Å². The topological polar surface area (TPSA) is 67.8 Å². The number of benzene rings is 1. The fourth-order valence-corrected chi connectivity index (χ4v) is 1.35. The van der Waals surface area contributed by atoms with Gasteiger partial charge in [0.2, 0.25) is 0 Å². The summed E-state index contributed by atoms with van der Waals surface area (Å²) >= 11 is 0. The van der Waals surface area contributed by atoms with E-state index in [1.165, 1.54) is 25.3 Å². The minimum atomic E-state index is -2.97. The Balaban J connectivity index is 2.90. The lowest BCUT2D eigenvalue weighted by atomic mass is 10.1. The van der Waals surface area contributed by atoms with Crippen LogP contribution in [0.3, 0.4) is 0 Å². The molecule has 0 radical (unpaired) electrons. The first-order valence-electron chi connectivity index (χ1n) is 5.52. The number of aliphatic hydroxyl groups is 1. The van der Waals surface area contributed by atoms with Crippen LogP contribution in [0.5, 0.6) is 11.5 Å². The molecule has 106 valence electrons. The largest absolute Gasteiger partial charge is 0.493 e. The number of hydrogen-bond acceptors (Lipinski definition) is 4. The fraction of sp³-hybridized carbons (Fsp3) is 0.417. The molecule has 1 aromatic rings. The van der Waals surface area contributed by atoms with Crippen LogP contribution in [0.4, 0.5) is 8.78 Å². The molecule has 0 saturated carbocycles. The normalized spacial score (nSPS) is 12.1. The van der Waals surface area contributed by atoms with Gasteiger partial charge in [-0.15, -0.1) is 0 Å². The van der Waals surface area contributed by atoms with E-state index in [2.05, 4.69) is 10.1 Å². The van der Waals surface area contributed by atoms with Crippen molar-refractivity contribution in [2.75, 3.05) is 13.7 Å². The first kappa shape index (κ1) is 15.2. The van der Waals surface area contributed by atoms with Gasteiger partial charge in [-0.2, -0.15) is 8.78 Å². The van der Waals surface area contributed by atoms with Crippen LogP contribution in [-0.2, 0) is 0 Å². The van der Waals surface area contributed by atoms with E-state index >= 15 is 0 Å². The molecule has 0 bridgehead atoms. The van der Waals surface area contributed by atoms with Crippen molar-refractivity contribution in [2.24, 2.45) is 0 Å². The van der Waals surface area contributed by atoms with E-state index in [4.69, 9.17) is 9.84 Å². The lowest BCUT2D eigenvalue weighted by Gasteiger charge is -2.13. The maximum Gasteiger partial charge on any atom is 0.387 e. The molecule has 7 heteroatoms. The molecule has 0 aliphatic rings. The molecule has 1 unspecified atom stereocenters. The molecule has 1 rings (SSSR count). The first-order valence-corrected chi connectivity index (χ1v) is 5.52. The van der Waals surface area contributed by atoms with Gasteiger partial charge in [0.1, 0.15) is 0 Å². The molecule has 5 nitrogen and oxygen atoms in total. The Bertz CT molecular complexity index is 440. The third kappa shape index (κ3) is 4.36. The van der Waals surface area contributed by atoms with E-state index in [1.807, 2.05) is 0 Å². The Kier molecular flexibility index (Phi) is 5.50. The second-order valence-corrected chi connectivity index (χ2v) is 3.80. The highest BCUT2D eigenvalue weighted by Gasteiger charge is 2.15. The van der Waals surface area contributed by atoms with Crippen molar-refractivity contribution < 1.29 is 28.2 Å². The number of amides is 1. The molecule has 0 heterocycles. The number of halogens is 2. The molecule has 0 saturated heterocycles. The predicted octanol–water partition coefficient (Wildman–Crippen LogP) is 1.41. The van der Waals surface area contributed by atoms with Gasteiger partial charge in [0.25, 0.3) is 5.91 Å². The molecule has 1 aromatic carbocycles. The summed E-state index contributed by atoms with van der Waals surface area (Å²) in [5, 5.41) is 11.4. The summed E-state index contributed by atoms with van der Waals surface area (Å²) < 4.78 is 33.4. The first-order chi connectivity index (χ1) is 8.97. The summed E-state index contributed by atoms with van der Waals surface area (Å²) in [6.45, 7) is -1.54. The lowest BCUT2D eigenvalue weighted by Crippen LogP contribution is -2.34. The molecular formula is C12H15F2NO4. The van der Waals surface area contributed by atoms with E-state index in [0.717, 1.165) is 0 Å². The number of aliphatic hydroxyl groups excluding tert-OH is 1. The Morgan fingerprint density at radius 3 is 2.63 bits per heavy atom. The van der Waals surface area contributed by atoms with E-state index in [1.54, 1.807) is 6.92 Å². The molecule has 1 amide bonds. The quantitative estimate of drug-likeness (QED) is 0.823. The minimum absolute atomic E-state index is 0.0320. The van der Waals surface area contributed by atoms with Crippen molar-refractivity contribution in [2.45, 2.75) is 19.6 Å². The van der Waals surface area contributed by atoms with Crippen LogP contribution >= 0.6 is 0 Å². The van der Waals surface area contributed by atoms with Crippen LogP contribution in [0.15, 0.2) is 18.2 Å². The standard InChI is InChI=1S/C12H15F2NO4/c1-7(6-16)15-11(17)8-3-4-9(19-12(13)14)10(5-8)18-2/h3-5,7,12,16H,6H2,1-2H3,(H,15,17). The summed E-state index contributed by atoms with van der Waals surface area (Å²) in [5.74, 6) is -0.558. The SMILES string of the molecule is COc1cc(C(=O)NC(C)CO)ccc1OC(F)F. The van der Waals surface area contributed by atoms with Crippen LogP contribution in [0.25, 0.3) is 0 Å². The molecule has 1 atom stereocenters. The number of carbonyl (C=O) groups is 1. The average Bonchev–Trinajstić information content (AvgIpc) is 2.38. The minimum Gasteiger partial charge on any atom is -0.493 e. The zero-order valence-electron chi connectivity index (χ0n) is 10.5. The van der Waals surface area contributed by atoms with Gasteiger partial charge in [0, 0.05) is 11.6 Å². The van der Waals surface area contributed by atoms with E-state index in [0.29, 0.717) is 0 Å². The number of rotatable bonds is 6. The van der Waals surface area contributed by atoms with Gasteiger partial charge in [0.15, 0.2) is 11.5 Å². The predicted molar refractivity (Wildman–Crippen MR) is 63.6 cm³/mol. The molecule has 19 heavy (non-hydrogen) atoms. The second kappa shape index (κ2) is 6.89. The maximum atomic E-state index is 12.1. The van der Waals surface area contributed by atoms with Crippen LogP contribution in [0.1, 0.15) is 17.3 Å². The summed E-state index contributed by atoms with van der Waals surface area (Å²) in [5.41, 5.74) is 0.221. The van der Waals surface area contributed by atoms with Crippen molar-refractivity contribution in [3.8, 4) is 11.5 Å². The molecular weight excluding hydrogens is 260 g/mol. The highest BCUT2D eigenvalue weighted by atomic mass is 19.3. The zero-order chi connectivity index (χ0) is 14.4. The van der Waals surface area contributed by atoms with Gasteiger partial charge in [-0.1, -0.05) is 0 Å². The highest BCUT2D eigenvalue weighted by molar-refractivity contribution is 5.95. The van der Waals surface area contributed by atoms with Crippen molar-refractivity contribution in [3.05, 3.63) is 23.8 Å². The smallest absolute Gasteiger partial charge is 0.387 e. The summed E-state index contributed by atoms with van der Waals surface area (Å²) in [6.07, 6.45) is 0. The Morgan fingerprint density at radius 2 is 2.11 bits per heavy atom. The molecule has 0 fully saturated rings. The van der Waals surface area contributed by atoms with Gasteiger partial charge >= 0.3 is 6.61 Å². The van der Waals surface area contributed by atoms with E-state index in [-0.39, 0.29) is 23.7 Å². The molecule has 0 spiro atoms. The number of hydrogen-bond donors (Lipinski definition) is 2. The van der Waals surface area contributed by atoms with Crippen molar-refractivity contribution in [3.63, 3.8) is 0 Å². The zero-order valence-corrected chi connectivity index (χ0v) is 10.5. The second-order valence-electron chi connectivity index (χ2n) is 3.80.